The maximum Gasteiger partial charge on any atom is 0.407 e. The molecule has 15 heteroatoms. The van der Waals surface area contributed by atoms with Crippen LogP contribution in [-0.4, -0.2) is 97.0 Å². The fourth-order valence-corrected chi connectivity index (χ4v) is 9.95. The summed E-state index contributed by atoms with van der Waals surface area (Å²) in [6.45, 7) is 4.38. The lowest BCUT2D eigenvalue weighted by Crippen LogP contribution is -2.54. The predicted molar refractivity (Wildman–Crippen MR) is 233 cm³/mol. The summed E-state index contributed by atoms with van der Waals surface area (Å²) in [5, 5.41) is 16.3. The Morgan fingerprint density at radius 3 is 2.40 bits per heavy atom. The molecule has 3 aliphatic rings. The predicted octanol–water partition coefficient (Wildman–Crippen LogP) is 6.71. The molecule has 0 spiro atoms. The number of H-pyrrole nitrogens is 2. The van der Waals surface area contributed by atoms with Gasteiger partial charge in [-0.2, -0.15) is 5.01 Å². The van der Waals surface area contributed by atoms with E-state index < -0.39 is 24.6 Å². The quantitative estimate of drug-likeness (QED) is 0.0502. The number of fused-ring (bicyclic) bond motifs is 5. The number of carbonyl (C=O) groups excluding carboxylic acids is 3. The molecule has 2 saturated heterocycles. The van der Waals surface area contributed by atoms with Crippen LogP contribution in [0.15, 0.2) is 91.1 Å². The average Bonchev–Trinajstić information content (AvgIpc) is 4.16. The molecular formula is C47H53N9O6. The third kappa shape index (κ3) is 7.48. The number of imidazole rings is 2. The monoisotopic (exact) mass is 839 g/mol. The van der Waals surface area contributed by atoms with Crippen LogP contribution in [0.5, 0.6) is 0 Å². The first kappa shape index (κ1) is 41.2. The van der Waals surface area contributed by atoms with Crippen molar-refractivity contribution in [1.82, 2.24) is 40.1 Å². The smallest absolute Gasteiger partial charge is 0.407 e. The number of piperidine rings is 1. The Hall–Kier alpha value is -6.13. The van der Waals surface area contributed by atoms with Crippen molar-refractivity contribution in [3.05, 3.63) is 108 Å². The number of carbonyl (C=O) groups is 3. The van der Waals surface area contributed by atoms with Gasteiger partial charge in [-0.1, -0.05) is 86.6 Å². The molecule has 3 amide bonds. The minimum atomic E-state index is -1.47. The Bertz CT molecular complexity index is 2590. The number of nitrogens with zero attached hydrogens (tertiary/aromatic N) is 5. The van der Waals surface area contributed by atoms with Crippen molar-refractivity contribution < 1.29 is 29.0 Å². The molecule has 4 aromatic carbocycles. The van der Waals surface area contributed by atoms with E-state index in [2.05, 4.69) is 63.8 Å². The molecule has 7 unspecified atom stereocenters. The molecule has 322 valence electrons. The zero-order valence-electron chi connectivity index (χ0n) is 35.3. The number of rotatable bonds is 12. The van der Waals surface area contributed by atoms with Gasteiger partial charge in [-0.15, -0.1) is 0 Å². The number of likely N-dealkylation sites (tertiary alicyclic amines) is 2. The van der Waals surface area contributed by atoms with Crippen LogP contribution in [0.2, 0.25) is 0 Å². The fourth-order valence-electron chi connectivity index (χ4n) is 9.95. The number of hydrogen-bond acceptors (Lipinski definition) is 10. The number of nitrogens with two attached hydrogens (primary N) is 1. The van der Waals surface area contributed by atoms with Gasteiger partial charge in [0.1, 0.15) is 23.7 Å². The lowest BCUT2D eigenvalue weighted by molar-refractivity contribution is -0.198. The number of benzene rings is 4. The van der Waals surface area contributed by atoms with Crippen LogP contribution in [0.4, 0.5) is 4.79 Å². The van der Waals surface area contributed by atoms with Gasteiger partial charge in [0.25, 0.3) is 0 Å². The highest BCUT2D eigenvalue weighted by Crippen LogP contribution is 2.50. The van der Waals surface area contributed by atoms with Gasteiger partial charge in [-0.3, -0.25) is 15.4 Å². The number of alkyl carbamates (subject to hydrolysis) is 1. The van der Waals surface area contributed by atoms with Crippen molar-refractivity contribution in [2.45, 2.75) is 82.6 Å². The average molecular weight is 840 g/mol. The molecule has 6 N–H and O–H groups in total. The molecule has 3 fully saturated rings. The summed E-state index contributed by atoms with van der Waals surface area (Å²) in [6.07, 6.45) is 4.19. The van der Waals surface area contributed by atoms with Gasteiger partial charge in [0.05, 0.1) is 42.1 Å². The summed E-state index contributed by atoms with van der Waals surface area (Å²) in [5.74, 6) is 7.63. The molecule has 6 aromatic rings. The number of nitrogens with one attached hydrogen (secondary N) is 3. The number of methoxy groups -OCH3 is 2. The molecule has 1 aliphatic carbocycles. The fraction of sp³-hybridized carbons (Fsp3) is 0.383. The maximum atomic E-state index is 14.2. The highest BCUT2D eigenvalue weighted by molar-refractivity contribution is 6.05. The molecular weight excluding hydrogens is 787 g/mol. The maximum absolute atomic E-state index is 14.2. The lowest BCUT2D eigenvalue weighted by atomic mass is 9.95. The zero-order chi connectivity index (χ0) is 43.2. The Morgan fingerprint density at radius 1 is 0.903 bits per heavy atom. The molecule has 1 saturated carbocycles. The lowest BCUT2D eigenvalue weighted by Gasteiger charge is -2.37. The van der Waals surface area contributed by atoms with Crippen molar-refractivity contribution >= 4 is 39.7 Å². The van der Waals surface area contributed by atoms with Crippen LogP contribution in [0.1, 0.15) is 81.3 Å². The molecule has 15 nitrogen and oxygen atoms in total. The third-order valence-electron chi connectivity index (χ3n) is 13.1. The molecule has 2 bridgehead atoms. The number of amides is 3. The van der Waals surface area contributed by atoms with Gasteiger partial charge in [0.2, 0.25) is 18.2 Å². The first-order valence-electron chi connectivity index (χ1n) is 21.4. The second-order valence-electron chi connectivity index (χ2n) is 17.1. The molecule has 62 heavy (non-hydrogen) atoms. The van der Waals surface area contributed by atoms with Gasteiger partial charge in [0, 0.05) is 25.1 Å². The van der Waals surface area contributed by atoms with Crippen LogP contribution in [0.3, 0.4) is 0 Å². The van der Waals surface area contributed by atoms with E-state index in [1.165, 1.54) is 14.2 Å². The van der Waals surface area contributed by atoms with Gasteiger partial charge in [0.15, 0.2) is 0 Å². The van der Waals surface area contributed by atoms with Crippen molar-refractivity contribution in [2.75, 3.05) is 20.8 Å². The highest BCUT2D eigenvalue weighted by atomic mass is 16.6. The number of aliphatic hydroxyl groups is 1. The Kier molecular flexibility index (Phi) is 11.3. The van der Waals surface area contributed by atoms with E-state index in [0.717, 1.165) is 87.1 Å². The van der Waals surface area contributed by atoms with Gasteiger partial charge < -0.3 is 39.7 Å². The molecule has 0 radical (unpaired) electrons. The van der Waals surface area contributed by atoms with E-state index in [1.807, 2.05) is 61.3 Å². The van der Waals surface area contributed by atoms with E-state index in [9.17, 15) is 19.5 Å². The Balaban J connectivity index is 0.931. The Labute approximate surface area is 359 Å². The van der Waals surface area contributed by atoms with Crippen LogP contribution in [0.25, 0.3) is 44.2 Å². The summed E-state index contributed by atoms with van der Waals surface area (Å²) in [6, 6.07) is 26.0. The third-order valence-corrected chi connectivity index (χ3v) is 13.1. The first-order valence-corrected chi connectivity index (χ1v) is 21.4. The van der Waals surface area contributed by atoms with E-state index in [1.54, 1.807) is 4.90 Å². The summed E-state index contributed by atoms with van der Waals surface area (Å²) in [5.41, 5.74) is 6.34. The number of aromatic amines is 2. The molecule has 9 rings (SSSR count). The van der Waals surface area contributed by atoms with Crippen molar-refractivity contribution in [3.8, 4) is 22.4 Å². The minimum absolute atomic E-state index is 0.0985. The Morgan fingerprint density at radius 2 is 1.66 bits per heavy atom. The summed E-state index contributed by atoms with van der Waals surface area (Å²) >= 11 is 0. The van der Waals surface area contributed by atoms with E-state index in [-0.39, 0.29) is 35.9 Å². The number of aliphatic hydroxyl groups excluding tert-OH is 1. The van der Waals surface area contributed by atoms with Crippen LogP contribution in [0, 0.1) is 11.8 Å². The largest absolute Gasteiger partial charge is 0.453 e. The minimum Gasteiger partial charge on any atom is -0.453 e. The van der Waals surface area contributed by atoms with Crippen molar-refractivity contribution in [1.29, 1.82) is 0 Å². The van der Waals surface area contributed by atoms with E-state index in [4.69, 9.17) is 25.3 Å². The number of aromatic nitrogens is 4. The topological polar surface area (TPSA) is 195 Å². The second kappa shape index (κ2) is 17.0. The van der Waals surface area contributed by atoms with Crippen molar-refractivity contribution in [2.24, 2.45) is 17.7 Å². The molecule has 2 aromatic heterocycles. The summed E-state index contributed by atoms with van der Waals surface area (Å²) in [7, 11) is 2.64. The van der Waals surface area contributed by atoms with Gasteiger partial charge in [-0.05, 0) is 83.7 Å². The van der Waals surface area contributed by atoms with Crippen molar-refractivity contribution in [3.63, 3.8) is 0 Å². The molecule has 2 aliphatic heterocycles. The van der Waals surface area contributed by atoms with Crippen LogP contribution < -0.4 is 11.2 Å². The SMILES string of the molecule is COC(=O)NC(C(=O)N1C2CCC(C2)C1c1ncc(-c2ccc(-c3ccc4c(ccc5[nH]c(C6CCCN6C(=O)C(c6ccccc6)N(N)C(O)OC)nc54)c3)cc2)[nH]1)C(C)C. The first-order chi connectivity index (χ1) is 30.0. The molecule has 7 atom stereocenters. The standard InChI is InChI=1S/C47H53N9O6/c1-26(2)38(53-46(59)61-3)44(57)55-33-19-16-32(24-33)40(55)43-49-25-36(51-43)28-14-12-27(13-15-28)30-17-20-34-31(23-30)18-21-35-39(34)52-42(50-35)37-11-8-22-54(37)45(58)41(56(48)47(60)62-4)29-9-6-5-7-10-29/h5-7,9-10,12-15,17-18,20-21,23,25-26,32-33,37-38,40-41,47,60H,8,11,16,19,22,24,48H2,1-4H3,(H,49,51)(H,50,52)(H,53,59). The van der Waals surface area contributed by atoms with Gasteiger partial charge in [-0.25, -0.2) is 14.8 Å². The zero-order valence-corrected chi connectivity index (χ0v) is 35.3. The van der Waals surface area contributed by atoms with E-state index >= 15 is 0 Å². The molecule has 4 heterocycles. The number of hydrazine groups is 1. The second-order valence-corrected chi connectivity index (χ2v) is 17.1. The normalized spacial score (nSPS) is 21.3. The highest BCUT2D eigenvalue weighted by Gasteiger charge is 2.51. The number of hydrogen-bond donors (Lipinski definition) is 5. The summed E-state index contributed by atoms with van der Waals surface area (Å²) < 4.78 is 9.91. The van der Waals surface area contributed by atoms with Gasteiger partial charge >= 0.3 is 6.09 Å². The number of ether oxygens (including phenoxy) is 2. The van der Waals surface area contributed by atoms with E-state index in [0.29, 0.717) is 23.9 Å². The van der Waals surface area contributed by atoms with Crippen LogP contribution in [-0.2, 0) is 19.1 Å². The van der Waals surface area contributed by atoms with Crippen LogP contribution >= 0.6 is 0 Å². The summed E-state index contributed by atoms with van der Waals surface area (Å²) in [4.78, 5) is 61.1.